The van der Waals surface area contributed by atoms with Crippen molar-refractivity contribution in [3.63, 3.8) is 0 Å². The predicted octanol–water partition coefficient (Wildman–Crippen LogP) is 0.216. The van der Waals surface area contributed by atoms with Gasteiger partial charge in [-0.3, -0.25) is 0 Å². The van der Waals surface area contributed by atoms with Crippen molar-refractivity contribution >= 4 is 6.03 Å². The molecule has 2 N–H and O–H groups in total. The first-order valence-electron chi connectivity index (χ1n) is 2.62. The zero-order valence-electron chi connectivity index (χ0n) is 5.13. The molecular formula is C5H8N2O2. The highest BCUT2D eigenvalue weighted by molar-refractivity contribution is 5.71. The van der Waals surface area contributed by atoms with Gasteiger partial charge in [-0.2, -0.15) is 5.06 Å². The molecule has 0 radical (unpaired) electrons. The van der Waals surface area contributed by atoms with E-state index in [2.05, 4.69) is 0 Å². The van der Waals surface area contributed by atoms with Gasteiger partial charge in [0.1, 0.15) is 5.76 Å². The molecule has 0 fully saturated rings. The molecule has 9 heavy (non-hydrogen) atoms. The lowest BCUT2D eigenvalue weighted by molar-refractivity contribution is -0.0420. The van der Waals surface area contributed by atoms with Gasteiger partial charge in [0.25, 0.3) is 0 Å². The second kappa shape index (κ2) is 1.97. The van der Waals surface area contributed by atoms with Gasteiger partial charge in [-0.25, -0.2) is 4.79 Å². The van der Waals surface area contributed by atoms with E-state index in [1.54, 1.807) is 13.0 Å². The summed E-state index contributed by atoms with van der Waals surface area (Å²) >= 11 is 0. The molecule has 2 amide bonds. The Morgan fingerprint density at radius 1 is 2.00 bits per heavy atom. The van der Waals surface area contributed by atoms with Crippen LogP contribution < -0.4 is 5.73 Å². The van der Waals surface area contributed by atoms with Crippen LogP contribution in [0.5, 0.6) is 0 Å². The van der Waals surface area contributed by atoms with E-state index < -0.39 is 6.03 Å². The van der Waals surface area contributed by atoms with Crippen molar-refractivity contribution in [3.8, 4) is 0 Å². The van der Waals surface area contributed by atoms with Crippen molar-refractivity contribution in [1.82, 2.24) is 5.06 Å². The molecule has 0 aromatic carbocycles. The minimum atomic E-state index is -0.553. The van der Waals surface area contributed by atoms with Crippen molar-refractivity contribution in [1.29, 1.82) is 0 Å². The Kier molecular flexibility index (Phi) is 1.30. The summed E-state index contributed by atoms with van der Waals surface area (Å²) in [5.74, 6) is 0.716. The predicted molar refractivity (Wildman–Crippen MR) is 31.1 cm³/mol. The average Bonchev–Trinajstić information content (AvgIpc) is 2.14. The SMILES string of the molecule is CC1=CCN(C(N)=O)O1. The van der Waals surface area contributed by atoms with Crippen molar-refractivity contribution < 1.29 is 9.63 Å². The molecule has 0 spiro atoms. The van der Waals surface area contributed by atoms with Gasteiger partial charge in [-0.1, -0.05) is 0 Å². The van der Waals surface area contributed by atoms with Crippen molar-refractivity contribution in [3.05, 3.63) is 11.8 Å². The molecule has 0 aromatic rings. The smallest absolute Gasteiger partial charge is 0.348 e. The Balaban J connectivity index is 2.47. The quantitative estimate of drug-likeness (QED) is 0.507. The monoisotopic (exact) mass is 128 g/mol. The van der Waals surface area contributed by atoms with Crippen molar-refractivity contribution in [2.45, 2.75) is 6.92 Å². The summed E-state index contributed by atoms with van der Waals surface area (Å²) < 4.78 is 0. The molecule has 4 nitrogen and oxygen atoms in total. The van der Waals surface area contributed by atoms with Gasteiger partial charge in [0, 0.05) is 0 Å². The van der Waals surface area contributed by atoms with Crippen molar-refractivity contribution in [2.24, 2.45) is 5.73 Å². The van der Waals surface area contributed by atoms with Gasteiger partial charge in [0.2, 0.25) is 0 Å². The normalized spacial score (nSPS) is 17.0. The first-order chi connectivity index (χ1) is 4.20. The average molecular weight is 128 g/mol. The maximum absolute atomic E-state index is 10.3. The molecule has 0 aromatic heterocycles. The van der Waals surface area contributed by atoms with Crippen LogP contribution in [0.25, 0.3) is 0 Å². The number of carbonyl (C=O) groups excluding carboxylic acids is 1. The van der Waals surface area contributed by atoms with Crippen LogP contribution in [0.4, 0.5) is 4.79 Å². The Bertz CT molecular complexity index is 164. The fourth-order valence-electron chi connectivity index (χ4n) is 0.595. The fraction of sp³-hybridized carbons (Fsp3) is 0.400. The van der Waals surface area contributed by atoms with Gasteiger partial charge in [-0.05, 0) is 13.0 Å². The van der Waals surface area contributed by atoms with Crippen LogP contribution in [0, 0.1) is 0 Å². The minimum Gasteiger partial charge on any atom is -0.380 e. The number of nitrogens with zero attached hydrogens (tertiary/aromatic N) is 1. The molecule has 0 saturated carbocycles. The summed E-state index contributed by atoms with van der Waals surface area (Å²) in [5.41, 5.74) is 4.89. The molecule has 50 valence electrons. The Morgan fingerprint density at radius 3 is 2.89 bits per heavy atom. The third kappa shape index (κ3) is 1.13. The third-order valence-corrected chi connectivity index (χ3v) is 1.04. The highest BCUT2D eigenvalue weighted by atomic mass is 16.7. The van der Waals surface area contributed by atoms with Crippen LogP contribution in [0.2, 0.25) is 0 Å². The first kappa shape index (κ1) is 5.94. The Morgan fingerprint density at radius 2 is 2.67 bits per heavy atom. The second-order valence-corrected chi connectivity index (χ2v) is 1.81. The summed E-state index contributed by atoms with van der Waals surface area (Å²) in [4.78, 5) is 15.2. The number of carbonyl (C=O) groups is 1. The number of hydroxylamine groups is 2. The lowest BCUT2D eigenvalue weighted by atomic mass is 10.5. The topological polar surface area (TPSA) is 55.6 Å². The molecule has 0 atom stereocenters. The van der Waals surface area contributed by atoms with Crippen LogP contribution in [0.15, 0.2) is 11.8 Å². The standard InChI is InChI=1S/C5H8N2O2/c1-4-2-3-7(9-4)5(6)8/h2H,3H2,1H3,(H2,6,8). The molecule has 0 unspecified atom stereocenters. The highest BCUT2D eigenvalue weighted by Crippen LogP contribution is 2.08. The zero-order chi connectivity index (χ0) is 6.85. The number of amides is 2. The largest absolute Gasteiger partial charge is 0.380 e. The number of primary amides is 1. The fourth-order valence-corrected chi connectivity index (χ4v) is 0.595. The lowest BCUT2D eigenvalue weighted by Gasteiger charge is -2.10. The van der Waals surface area contributed by atoms with Crippen LogP contribution >= 0.6 is 0 Å². The molecule has 1 aliphatic heterocycles. The number of hydrogen-bond acceptors (Lipinski definition) is 2. The Hall–Kier alpha value is -1.19. The van der Waals surface area contributed by atoms with E-state index in [4.69, 9.17) is 10.6 Å². The maximum Gasteiger partial charge on any atom is 0.348 e. The summed E-state index contributed by atoms with van der Waals surface area (Å²) in [6, 6.07) is -0.553. The van der Waals surface area contributed by atoms with Gasteiger partial charge in [-0.15, -0.1) is 0 Å². The van der Waals surface area contributed by atoms with E-state index in [9.17, 15) is 4.79 Å². The number of allylic oxidation sites excluding steroid dienone is 1. The maximum atomic E-state index is 10.3. The summed E-state index contributed by atoms with van der Waals surface area (Å²) in [6.07, 6.45) is 1.78. The van der Waals surface area contributed by atoms with Crippen LogP contribution in [-0.2, 0) is 4.84 Å². The number of nitrogens with two attached hydrogens (primary N) is 1. The van der Waals surface area contributed by atoms with Gasteiger partial charge >= 0.3 is 6.03 Å². The second-order valence-electron chi connectivity index (χ2n) is 1.81. The molecule has 1 aliphatic rings. The third-order valence-electron chi connectivity index (χ3n) is 1.04. The lowest BCUT2D eigenvalue weighted by Crippen LogP contribution is -2.32. The van der Waals surface area contributed by atoms with Crippen LogP contribution in [-0.4, -0.2) is 17.6 Å². The van der Waals surface area contributed by atoms with Gasteiger partial charge in [0.15, 0.2) is 0 Å². The Labute approximate surface area is 52.8 Å². The number of urea groups is 1. The summed E-state index contributed by atoms with van der Waals surface area (Å²) in [5, 5.41) is 1.09. The molecule has 1 heterocycles. The van der Waals surface area contributed by atoms with E-state index in [-0.39, 0.29) is 0 Å². The van der Waals surface area contributed by atoms with E-state index in [0.29, 0.717) is 12.3 Å². The summed E-state index contributed by atoms with van der Waals surface area (Å²) in [6.45, 7) is 2.23. The van der Waals surface area contributed by atoms with E-state index >= 15 is 0 Å². The number of rotatable bonds is 0. The minimum absolute atomic E-state index is 0.459. The van der Waals surface area contributed by atoms with Crippen LogP contribution in [0.3, 0.4) is 0 Å². The molecular weight excluding hydrogens is 120 g/mol. The van der Waals surface area contributed by atoms with E-state index in [1.807, 2.05) is 0 Å². The molecule has 0 aliphatic carbocycles. The van der Waals surface area contributed by atoms with Crippen LogP contribution in [0.1, 0.15) is 6.92 Å². The van der Waals surface area contributed by atoms with E-state index in [1.165, 1.54) is 0 Å². The van der Waals surface area contributed by atoms with Gasteiger partial charge in [0.05, 0.1) is 6.54 Å². The zero-order valence-corrected chi connectivity index (χ0v) is 5.13. The first-order valence-corrected chi connectivity index (χ1v) is 2.62. The van der Waals surface area contributed by atoms with Gasteiger partial charge < -0.3 is 10.6 Å². The molecule has 0 bridgehead atoms. The molecule has 0 saturated heterocycles. The van der Waals surface area contributed by atoms with Crippen molar-refractivity contribution in [2.75, 3.05) is 6.54 Å². The summed E-state index contributed by atoms with van der Waals surface area (Å²) in [7, 11) is 0. The highest BCUT2D eigenvalue weighted by Gasteiger charge is 2.15. The molecule has 1 rings (SSSR count). The number of hydrogen-bond donors (Lipinski definition) is 1. The molecule has 4 heteroatoms. The van der Waals surface area contributed by atoms with E-state index in [0.717, 1.165) is 5.06 Å².